The highest BCUT2D eigenvalue weighted by atomic mass is 32.1. The zero-order chi connectivity index (χ0) is 18.2. The number of thiophene rings is 1. The number of fused-ring (bicyclic) bond motifs is 1. The van der Waals surface area contributed by atoms with Crippen molar-refractivity contribution in [3.05, 3.63) is 53.5 Å². The Balaban J connectivity index is 1.47. The molecule has 1 aromatic carbocycles. The van der Waals surface area contributed by atoms with Crippen LogP contribution in [0.25, 0.3) is 21.6 Å². The van der Waals surface area contributed by atoms with Gasteiger partial charge < -0.3 is 15.2 Å². The highest BCUT2D eigenvalue weighted by Crippen LogP contribution is 2.38. The van der Waals surface area contributed by atoms with E-state index in [9.17, 15) is 0 Å². The van der Waals surface area contributed by atoms with Crippen LogP contribution in [-0.2, 0) is 6.54 Å². The summed E-state index contributed by atoms with van der Waals surface area (Å²) < 4.78 is 5.64. The largest absolute Gasteiger partial charge is 0.344 e. The monoisotopic (exact) mass is 378 g/mol. The molecule has 0 spiro atoms. The van der Waals surface area contributed by atoms with Crippen LogP contribution in [0.2, 0.25) is 0 Å². The van der Waals surface area contributed by atoms with Gasteiger partial charge in [0.15, 0.2) is 0 Å². The number of hydrogen-bond acceptors (Lipinski definition) is 8. The number of rotatable bonds is 4. The molecule has 0 aliphatic carbocycles. The summed E-state index contributed by atoms with van der Waals surface area (Å²) in [6.45, 7) is 1.43. The maximum Gasteiger partial charge on any atom is 0.249 e. The molecular weight excluding hydrogens is 360 g/mol. The summed E-state index contributed by atoms with van der Waals surface area (Å²) in [4.78, 5) is 16.8. The van der Waals surface area contributed by atoms with Crippen molar-refractivity contribution >= 4 is 27.4 Å². The van der Waals surface area contributed by atoms with E-state index in [2.05, 4.69) is 31.1 Å². The molecule has 1 aliphatic rings. The fourth-order valence-corrected chi connectivity index (χ4v) is 4.29. The summed E-state index contributed by atoms with van der Waals surface area (Å²) in [5.74, 6) is 2.17. The van der Waals surface area contributed by atoms with Crippen molar-refractivity contribution in [3.63, 3.8) is 0 Å². The molecule has 3 aromatic heterocycles. The quantitative estimate of drug-likeness (QED) is 0.580. The van der Waals surface area contributed by atoms with E-state index in [-0.39, 0.29) is 6.04 Å². The lowest BCUT2D eigenvalue weighted by Crippen LogP contribution is -2.24. The zero-order valence-electron chi connectivity index (χ0n) is 14.6. The van der Waals surface area contributed by atoms with Gasteiger partial charge in [-0.15, -0.1) is 11.3 Å². The third-order valence-electron chi connectivity index (χ3n) is 4.94. The first-order valence-electron chi connectivity index (χ1n) is 8.91. The Hall–Kier alpha value is -2.84. The van der Waals surface area contributed by atoms with Crippen molar-refractivity contribution in [3.8, 4) is 11.4 Å². The van der Waals surface area contributed by atoms with Crippen LogP contribution in [0.5, 0.6) is 0 Å². The number of benzene rings is 1. The van der Waals surface area contributed by atoms with Gasteiger partial charge in [-0.05, 0) is 29.9 Å². The summed E-state index contributed by atoms with van der Waals surface area (Å²) in [5, 5.41) is 7.31. The van der Waals surface area contributed by atoms with E-state index in [4.69, 9.17) is 10.3 Å². The first-order chi connectivity index (χ1) is 13.3. The van der Waals surface area contributed by atoms with Crippen LogP contribution >= 0.6 is 11.3 Å². The Morgan fingerprint density at radius 1 is 1.19 bits per heavy atom. The van der Waals surface area contributed by atoms with E-state index in [0.29, 0.717) is 18.3 Å². The average Bonchev–Trinajstić information content (AvgIpc) is 3.47. The molecule has 0 saturated carbocycles. The summed E-state index contributed by atoms with van der Waals surface area (Å²) in [5.41, 5.74) is 7.66. The van der Waals surface area contributed by atoms with Gasteiger partial charge in [0.05, 0.1) is 5.39 Å². The van der Waals surface area contributed by atoms with Crippen molar-refractivity contribution in [1.29, 1.82) is 0 Å². The lowest BCUT2D eigenvalue weighted by atomic mass is 10.1. The van der Waals surface area contributed by atoms with E-state index in [1.165, 1.54) is 0 Å². The summed E-state index contributed by atoms with van der Waals surface area (Å²) in [6, 6.07) is 10.0. The Morgan fingerprint density at radius 2 is 2.07 bits per heavy atom. The maximum atomic E-state index is 5.66. The summed E-state index contributed by atoms with van der Waals surface area (Å²) in [7, 11) is 0. The molecule has 7 nitrogen and oxygen atoms in total. The lowest BCUT2D eigenvalue weighted by Gasteiger charge is -2.23. The van der Waals surface area contributed by atoms with Crippen LogP contribution in [0.4, 0.5) is 5.82 Å². The van der Waals surface area contributed by atoms with Crippen molar-refractivity contribution in [2.75, 3.05) is 11.4 Å². The van der Waals surface area contributed by atoms with Crippen LogP contribution < -0.4 is 10.6 Å². The van der Waals surface area contributed by atoms with Crippen molar-refractivity contribution in [1.82, 2.24) is 20.1 Å². The molecule has 1 aliphatic heterocycles. The molecular formula is C19H18N6OS. The van der Waals surface area contributed by atoms with Gasteiger partial charge in [0.25, 0.3) is 0 Å². The van der Waals surface area contributed by atoms with Gasteiger partial charge in [-0.2, -0.15) is 4.98 Å². The minimum absolute atomic E-state index is 0.0348. The van der Waals surface area contributed by atoms with Gasteiger partial charge in [-0.1, -0.05) is 29.4 Å². The Kier molecular flexibility index (Phi) is 4.06. The van der Waals surface area contributed by atoms with Gasteiger partial charge in [0, 0.05) is 18.7 Å². The molecule has 1 fully saturated rings. The average molecular weight is 378 g/mol. The van der Waals surface area contributed by atoms with Gasteiger partial charge in [-0.3, -0.25) is 0 Å². The van der Waals surface area contributed by atoms with E-state index < -0.39 is 0 Å². The van der Waals surface area contributed by atoms with E-state index in [1.54, 1.807) is 17.7 Å². The SMILES string of the molecule is NCc1ccc(-c2noc(C3CCCN3c3ncnc4sccc34)n2)cc1. The summed E-state index contributed by atoms with van der Waals surface area (Å²) >= 11 is 1.62. The predicted molar refractivity (Wildman–Crippen MR) is 104 cm³/mol. The second-order valence-corrected chi connectivity index (χ2v) is 7.44. The smallest absolute Gasteiger partial charge is 0.249 e. The minimum Gasteiger partial charge on any atom is -0.344 e. The number of hydrogen-bond donors (Lipinski definition) is 1. The van der Waals surface area contributed by atoms with E-state index >= 15 is 0 Å². The molecule has 136 valence electrons. The summed E-state index contributed by atoms with van der Waals surface area (Å²) in [6.07, 6.45) is 3.65. The molecule has 0 bridgehead atoms. The lowest BCUT2D eigenvalue weighted by molar-refractivity contribution is 0.355. The highest BCUT2D eigenvalue weighted by Gasteiger charge is 2.33. The third-order valence-corrected chi connectivity index (χ3v) is 5.76. The van der Waals surface area contributed by atoms with Crippen LogP contribution in [-0.4, -0.2) is 26.7 Å². The fourth-order valence-electron chi connectivity index (χ4n) is 3.56. The van der Waals surface area contributed by atoms with Gasteiger partial charge in [-0.25, -0.2) is 9.97 Å². The normalized spacial score (nSPS) is 17.1. The van der Waals surface area contributed by atoms with Crippen LogP contribution in [0, 0.1) is 0 Å². The Morgan fingerprint density at radius 3 is 2.93 bits per heavy atom. The molecule has 5 rings (SSSR count). The molecule has 1 atom stereocenters. The molecule has 1 saturated heterocycles. The molecule has 2 N–H and O–H groups in total. The van der Waals surface area contributed by atoms with Crippen molar-refractivity contribution in [2.24, 2.45) is 5.73 Å². The maximum absolute atomic E-state index is 5.66. The Labute approximate surface area is 159 Å². The first kappa shape index (κ1) is 16.3. The number of nitrogens with zero attached hydrogens (tertiary/aromatic N) is 5. The molecule has 4 heterocycles. The van der Waals surface area contributed by atoms with Crippen LogP contribution in [0.15, 0.2) is 46.6 Å². The topological polar surface area (TPSA) is 94.0 Å². The third kappa shape index (κ3) is 2.87. The standard InChI is InChI=1S/C19H18N6OS/c20-10-12-3-5-13(6-4-12)16-23-18(26-24-16)15-2-1-8-25(15)17-14-7-9-27-19(14)22-11-21-17/h3-7,9,11,15H,1-2,8,10,20H2. The molecule has 1 unspecified atom stereocenters. The predicted octanol–water partition coefficient (Wildman–Crippen LogP) is 3.54. The van der Waals surface area contributed by atoms with Crippen molar-refractivity contribution in [2.45, 2.75) is 25.4 Å². The fraction of sp³-hybridized carbons (Fsp3) is 0.263. The van der Waals surface area contributed by atoms with E-state index in [0.717, 1.165) is 46.5 Å². The zero-order valence-corrected chi connectivity index (χ0v) is 15.4. The molecule has 0 radical (unpaired) electrons. The number of nitrogens with two attached hydrogens (primary N) is 1. The highest BCUT2D eigenvalue weighted by molar-refractivity contribution is 7.16. The molecule has 4 aromatic rings. The van der Waals surface area contributed by atoms with Crippen molar-refractivity contribution < 1.29 is 4.52 Å². The molecule has 8 heteroatoms. The second-order valence-electron chi connectivity index (χ2n) is 6.55. The first-order valence-corrected chi connectivity index (χ1v) is 9.79. The van der Waals surface area contributed by atoms with Gasteiger partial charge in [0.1, 0.15) is 23.0 Å². The van der Waals surface area contributed by atoms with Crippen LogP contribution in [0.1, 0.15) is 30.3 Å². The molecule has 0 amide bonds. The second kappa shape index (κ2) is 6.71. The van der Waals surface area contributed by atoms with E-state index in [1.807, 2.05) is 29.6 Å². The van der Waals surface area contributed by atoms with Gasteiger partial charge >= 0.3 is 0 Å². The Bertz CT molecular complexity index is 1070. The molecule has 27 heavy (non-hydrogen) atoms. The number of aromatic nitrogens is 4. The number of anilines is 1. The minimum atomic E-state index is 0.0348. The van der Waals surface area contributed by atoms with Crippen LogP contribution in [0.3, 0.4) is 0 Å². The van der Waals surface area contributed by atoms with Gasteiger partial charge in [0.2, 0.25) is 11.7 Å².